The molecule has 0 aromatic heterocycles. The van der Waals surface area contributed by atoms with E-state index in [2.05, 4.69) is 72.2 Å². The summed E-state index contributed by atoms with van der Waals surface area (Å²) in [6.07, 6.45) is 15.0. The molecule has 0 aromatic carbocycles. The fraction of sp³-hybridized carbons (Fsp3) is 0.889. The highest BCUT2D eigenvalue weighted by atomic mass is 16.6. The van der Waals surface area contributed by atoms with Crippen molar-refractivity contribution in [2.75, 3.05) is 13.1 Å². The van der Waals surface area contributed by atoms with Crippen LogP contribution in [0.4, 0.5) is 0 Å². The number of nitrogens with one attached hydrogen (secondary N) is 1. The molecule has 14 atom stereocenters. The van der Waals surface area contributed by atoms with E-state index in [0.29, 0.717) is 36.0 Å². The maximum atomic E-state index is 15.1. The Morgan fingerprint density at radius 3 is 1.94 bits per heavy atom. The SMILES string of the molecule is C=C(C)[C@@H]1CC[C@]2(C(=O)N[C@@H]3C[C@H](C(=O)N4CCCCC4)C3(C)C)CC[C@]3(C)[C@H](CC[C@@H]4[C@@]5(C)CC[C@H](OC(=O)[C@@H]6C[C@H](C(=O)OC(C)(C)C)C6(C)C)C(C)(C)[C@@H]5CC[C@]43C)[C@@H]12. The number of carbonyl (C=O) groups excluding carboxylic acids is 4. The number of fused-ring (bicyclic) bond motifs is 7. The van der Waals surface area contributed by atoms with Crippen molar-refractivity contribution in [1.29, 1.82) is 0 Å². The van der Waals surface area contributed by atoms with Crippen LogP contribution in [0.1, 0.15) is 186 Å². The molecule has 1 saturated heterocycles. The lowest BCUT2D eigenvalue weighted by Crippen LogP contribution is -2.68. The lowest BCUT2D eigenvalue weighted by atomic mass is 9.32. The normalized spacial score (nSPS) is 45.0. The first kappa shape index (κ1) is 46.2. The van der Waals surface area contributed by atoms with Gasteiger partial charge in [-0.15, -0.1) is 0 Å². The molecule has 1 aliphatic heterocycles. The molecule has 62 heavy (non-hydrogen) atoms. The second-order valence-electron chi connectivity index (χ2n) is 26.3. The average Bonchev–Trinajstić information content (AvgIpc) is 3.58. The standard InChI is InChI=1S/C54H86N2O6/c1-32(2)33-20-25-54(46(60)55-40-31-35(49(40,8)9)43(57)56-28-16-15-17-29-56)27-26-52(13)34(42(33)54)18-19-39-51(12)23-22-41(50(10,11)38(51)21-24-53(39,52)14)61-44(58)36-30-37(48(36,6)7)45(59)62-47(3,4)5/h33-42H,1,15-31H2,2-14H3,(H,55,60)/t33-,34+,35+,36-,37+,38-,39+,40+,41-,42+,51-,52+,53+,54-/m0/s1. The number of carbonyl (C=O) groups is 4. The van der Waals surface area contributed by atoms with Gasteiger partial charge in [-0.25, -0.2) is 0 Å². The van der Waals surface area contributed by atoms with Gasteiger partial charge in [-0.3, -0.25) is 19.2 Å². The molecule has 8 heteroatoms. The molecule has 0 unspecified atom stereocenters. The summed E-state index contributed by atoms with van der Waals surface area (Å²) in [5.41, 5.74) is -0.271. The van der Waals surface area contributed by atoms with Gasteiger partial charge in [0.15, 0.2) is 0 Å². The van der Waals surface area contributed by atoms with Gasteiger partial charge in [0.25, 0.3) is 0 Å². The van der Waals surface area contributed by atoms with E-state index in [4.69, 9.17) is 9.47 Å². The third-order valence-electron chi connectivity index (χ3n) is 21.5. The van der Waals surface area contributed by atoms with Crippen molar-refractivity contribution in [1.82, 2.24) is 10.2 Å². The number of esters is 2. The third-order valence-corrected chi connectivity index (χ3v) is 21.5. The van der Waals surface area contributed by atoms with Gasteiger partial charge in [-0.2, -0.15) is 0 Å². The van der Waals surface area contributed by atoms with Crippen LogP contribution in [0.25, 0.3) is 0 Å². The van der Waals surface area contributed by atoms with Crippen LogP contribution in [0.5, 0.6) is 0 Å². The van der Waals surface area contributed by atoms with Crippen molar-refractivity contribution in [2.45, 2.75) is 204 Å². The first-order chi connectivity index (χ1) is 28.7. The minimum Gasteiger partial charge on any atom is -0.462 e. The fourth-order valence-corrected chi connectivity index (χ4v) is 17.3. The first-order valence-electron chi connectivity index (χ1n) is 25.4. The van der Waals surface area contributed by atoms with Gasteiger partial charge in [-0.05, 0) is 181 Å². The second kappa shape index (κ2) is 15.1. The topological polar surface area (TPSA) is 102 Å². The predicted molar refractivity (Wildman–Crippen MR) is 244 cm³/mol. The van der Waals surface area contributed by atoms with Gasteiger partial charge in [-0.1, -0.05) is 74.5 Å². The van der Waals surface area contributed by atoms with Gasteiger partial charge < -0.3 is 19.7 Å². The Bertz CT molecular complexity index is 1840. The van der Waals surface area contributed by atoms with Gasteiger partial charge >= 0.3 is 11.9 Å². The lowest BCUT2D eigenvalue weighted by molar-refractivity contribution is -0.251. The van der Waals surface area contributed by atoms with Crippen LogP contribution in [0.2, 0.25) is 0 Å². The Balaban J connectivity index is 0.975. The molecular formula is C54H86N2O6. The Hall–Kier alpha value is -2.38. The third kappa shape index (κ3) is 6.73. The zero-order valence-corrected chi connectivity index (χ0v) is 41.4. The van der Waals surface area contributed by atoms with Crippen molar-refractivity contribution in [3.8, 4) is 0 Å². The summed E-state index contributed by atoms with van der Waals surface area (Å²) in [6, 6.07) is 0.0246. The Morgan fingerprint density at radius 1 is 0.661 bits per heavy atom. The van der Waals surface area contributed by atoms with Gasteiger partial charge in [0, 0.05) is 30.5 Å². The highest BCUT2D eigenvalue weighted by Gasteiger charge is 2.72. The van der Waals surface area contributed by atoms with Crippen molar-refractivity contribution < 1.29 is 28.7 Å². The molecule has 8 fully saturated rings. The summed E-state index contributed by atoms with van der Waals surface area (Å²) >= 11 is 0. The van der Waals surface area contributed by atoms with Gasteiger partial charge in [0.2, 0.25) is 11.8 Å². The first-order valence-corrected chi connectivity index (χ1v) is 25.4. The van der Waals surface area contributed by atoms with Crippen LogP contribution < -0.4 is 5.32 Å². The van der Waals surface area contributed by atoms with Gasteiger partial charge in [0.05, 0.1) is 17.3 Å². The van der Waals surface area contributed by atoms with Crippen molar-refractivity contribution >= 4 is 23.8 Å². The van der Waals surface area contributed by atoms with Crippen LogP contribution in [0, 0.1) is 85.2 Å². The summed E-state index contributed by atoms with van der Waals surface area (Å²) < 4.78 is 12.3. The smallest absolute Gasteiger partial charge is 0.310 e. The van der Waals surface area contributed by atoms with Crippen molar-refractivity contribution in [2.24, 2.45) is 85.2 Å². The zero-order chi connectivity index (χ0) is 45.4. The molecule has 1 heterocycles. The number of ether oxygens (including phenoxy) is 2. The van der Waals surface area contributed by atoms with Gasteiger partial charge in [0.1, 0.15) is 11.7 Å². The maximum Gasteiger partial charge on any atom is 0.310 e. The van der Waals surface area contributed by atoms with E-state index in [1.807, 2.05) is 34.6 Å². The lowest BCUT2D eigenvalue weighted by Gasteiger charge is -2.73. The Labute approximate surface area is 376 Å². The molecule has 7 saturated carbocycles. The number of nitrogens with zero attached hydrogens (tertiary/aromatic N) is 1. The molecule has 2 amide bonds. The second-order valence-corrected chi connectivity index (χ2v) is 26.3. The van der Waals surface area contributed by atoms with E-state index in [1.165, 1.54) is 18.4 Å². The van der Waals surface area contributed by atoms with Crippen molar-refractivity contribution in [3.63, 3.8) is 0 Å². The van der Waals surface area contributed by atoms with E-state index < -0.39 is 11.0 Å². The molecule has 8 aliphatic rings. The van der Waals surface area contributed by atoms with E-state index in [-0.39, 0.29) is 86.2 Å². The largest absolute Gasteiger partial charge is 0.462 e. The molecule has 0 aromatic rings. The van der Waals surface area contributed by atoms with Crippen molar-refractivity contribution in [3.05, 3.63) is 12.2 Å². The highest BCUT2D eigenvalue weighted by molar-refractivity contribution is 5.86. The molecule has 7 aliphatic carbocycles. The zero-order valence-electron chi connectivity index (χ0n) is 41.4. The molecule has 1 N–H and O–H groups in total. The summed E-state index contributed by atoms with van der Waals surface area (Å²) in [4.78, 5) is 57.9. The average molecular weight is 859 g/mol. The highest BCUT2D eigenvalue weighted by Crippen LogP contribution is 2.78. The fourth-order valence-electron chi connectivity index (χ4n) is 17.3. The summed E-state index contributed by atoms with van der Waals surface area (Å²) in [6.45, 7) is 35.3. The minimum absolute atomic E-state index is 0.0205. The monoisotopic (exact) mass is 859 g/mol. The van der Waals surface area contributed by atoms with Crippen LogP contribution in [0.15, 0.2) is 12.2 Å². The van der Waals surface area contributed by atoms with Crippen LogP contribution >= 0.6 is 0 Å². The molecule has 8 rings (SSSR count). The van der Waals surface area contributed by atoms with E-state index in [9.17, 15) is 14.4 Å². The molecule has 0 spiro atoms. The molecule has 348 valence electrons. The van der Waals surface area contributed by atoms with Crippen LogP contribution in [0.3, 0.4) is 0 Å². The Morgan fingerprint density at radius 2 is 1.32 bits per heavy atom. The number of rotatable bonds is 7. The Kier molecular flexibility index (Phi) is 11.2. The number of likely N-dealkylation sites (tertiary alicyclic amines) is 1. The number of amides is 2. The molecule has 8 nitrogen and oxygen atoms in total. The molecule has 0 radical (unpaired) electrons. The summed E-state index contributed by atoms with van der Waals surface area (Å²) in [5, 5.41) is 3.67. The number of hydrogen-bond donors (Lipinski definition) is 1. The van der Waals surface area contributed by atoms with Crippen LogP contribution in [-0.4, -0.2) is 59.5 Å². The number of allylic oxidation sites excluding steroid dienone is 1. The molecular weight excluding hydrogens is 773 g/mol. The van der Waals surface area contributed by atoms with E-state index >= 15 is 4.79 Å². The summed E-state index contributed by atoms with van der Waals surface area (Å²) in [7, 11) is 0. The van der Waals surface area contributed by atoms with Crippen LogP contribution in [-0.2, 0) is 28.7 Å². The number of hydrogen-bond acceptors (Lipinski definition) is 6. The van der Waals surface area contributed by atoms with E-state index in [1.54, 1.807) is 0 Å². The predicted octanol–water partition coefficient (Wildman–Crippen LogP) is 11.1. The van der Waals surface area contributed by atoms with E-state index in [0.717, 1.165) is 90.1 Å². The summed E-state index contributed by atoms with van der Waals surface area (Å²) in [5.74, 6) is 1.66. The quantitative estimate of drug-likeness (QED) is 0.202. The maximum absolute atomic E-state index is 15.1. The molecule has 0 bridgehead atoms. The number of piperidine rings is 1. The minimum atomic E-state index is -0.556.